The topological polar surface area (TPSA) is 50.6 Å². The van der Waals surface area contributed by atoms with Gasteiger partial charge in [0.15, 0.2) is 12.4 Å². The number of amides is 1. The number of ether oxygens (including phenoxy) is 1. The number of aryl methyl sites for hydroxylation is 3. The molecule has 0 aliphatic carbocycles. The van der Waals surface area contributed by atoms with E-state index in [1.807, 2.05) is 24.0 Å². The molecule has 2 heterocycles. The van der Waals surface area contributed by atoms with Gasteiger partial charge in [-0.05, 0) is 44.0 Å². The molecule has 0 spiro atoms. The molecule has 0 saturated carbocycles. The fourth-order valence-electron chi connectivity index (χ4n) is 3.98. The van der Waals surface area contributed by atoms with Gasteiger partial charge < -0.3 is 9.64 Å². The number of carbonyl (C=O) groups is 1. The Morgan fingerprint density at radius 1 is 0.968 bits per heavy atom. The highest BCUT2D eigenvalue weighted by Crippen LogP contribution is 2.19. The van der Waals surface area contributed by atoms with Crippen LogP contribution in [0.15, 0.2) is 54.7 Å². The SMILES string of the molecule is Cc1cccc(CN2CCN(C(=O)c3ccn(COc4ccc(C)cc4C)n3)CC2)c1. The first-order valence-corrected chi connectivity index (χ1v) is 10.8. The molecule has 6 nitrogen and oxygen atoms in total. The minimum absolute atomic E-state index is 0.0135. The summed E-state index contributed by atoms with van der Waals surface area (Å²) in [5, 5.41) is 4.43. The maximum atomic E-state index is 12.9. The standard InChI is InChI=1S/C25H30N4O2/c1-19-5-4-6-22(16-19)17-27-11-13-28(14-12-27)25(30)23-9-10-29(26-23)18-31-24-8-7-20(2)15-21(24)3/h4-10,15-16H,11-14,17-18H2,1-3H3. The summed E-state index contributed by atoms with van der Waals surface area (Å²) >= 11 is 0. The predicted molar refractivity (Wildman–Crippen MR) is 121 cm³/mol. The van der Waals surface area contributed by atoms with Crippen molar-refractivity contribution in [2.45, 2.75) is 34.0 Å². The molecule has 1 aromatic heterocycles. The molecular formula is C25H30N4O2. The second-order valence-corrected chi connectivity index (χ2v) is 8.34. The molecule has 1 saturated heterocycles. The average Bonchev–Trinajstić information content (AvgIpc) is 3.22. The molecule has 2 aromatic carbocycles. The maximum Gasteiger partial charge on any atom is 0.274 e. The van der Waals surface area contributed by atoms with Crippen LogP contribution in [0, 0.1) is 20.8 Å². The summed E-state index contributed by atoms with van der Waals surface area (Å²) in [4.78, 5) is 17.2. The summed E-state index contributed by atoms with van der Waals surface area (Å²) in [6.45, 7) is 10.6. The van der Waals surface area contributed by atoms with Gasteiger partial charge >= 0.3 is 0 Å². The van der Waals surface area contributed by atoms with Crippen LogP contribution in [0.3, 0.4) is 0 Å². The van der Waals surface area contributed by atoms with Crippen molar-refractivity contribution in [2.24, 2.45) is 0 Å². The smallest absolute Gasteiger partial charge is 0.274 e. The number of hydrogen-bond acceptors (Lipinski definition) is 4. The van der Waals surface area contributed by atoms with E-state index in [1.54, 1.807) is 16.9 Å². The van der Waals surface area contributed by atoms with Crippen LogP contribution in [0.1, 0.15) is 32.7 Å². The van der Waals surface area contributed by atoms with Gasteiger partial charge in [0, 0.05) is 38.9 Å². The monoisotopic (exact) mass is 418 g/mol. The van der Waals surface area contributed by atoms with E-state index in [4.69, 9.17) is 4.74 Å². The summed E-state index contributed by atoms with van der Waals surface area (Å²) < 4.78 is 7.53. The lowest BCUT2D eigenvalue weighted by molar-refractivity contribution is 0.0621. The minimum atomic E-state index is -0.0135. The Hall–Kier alpha value is -3.12. The van der Waals surface area contributed by atoms with Crippen LogP contribution in [-0.4, -0.2) is 51.7 Å². The number of benzene rings is 2. The Labute approximate surface area is 184 Å². The molecule has 162 valence electrons. The van der Waals surface area contributed by atoms with Crippen molar-refractivity contribution in [1.29, 1.82) is 0 Å². The van der Waals surface area contributed by atoms with E-state index in [2.05, 4.69) is 54.2 Å². The summed E-state index contributed by atoms with van der Waals surface area (Å²) in [5.41, 5.74) is 5.37. The zero-order chi connectivity index (χ0) is 21.8. The highest BCUT2D eigenvalue weighted by atomic mass is 16.5. The highest BCUT2D eigenvalue weighted by molar-refractivity contribution is 5.92. The third kappa shape index (κ3) is 5.33. The molecule has 1 aliphatic rings. The second kappa shape index (κ2) is 9.35. The van der Waals surface area contributed by atoms with Gasteiger partial charge in [-0.15, -0.1) is 0 Å². The minimum Gasteiger partial charge on any atom is -0.471 e. The van der Waals surface area contributed by atoms with E-state index >= 15 is 0 Å². The molecular weight excluding hydrogens is 388 g/mol. The lowest BCUT2D eigenvalue weighted by Gasteiger charge is -2.34. The van der Waals surface area contributed by atoms with E-state index in [0.29, 0.717) is 5.69 Å². The summed E-state index contributed by atoms with van der Waals surface area (Å²) in [6.07, 6.45) is 1.80. The molecule has 1 amide bonds. The van der Waals surface area contributed by atoms with Crippen LogP contribution in [0.2, 0.25) is 0 Å². The lowest BCUT2D eigenvalue weighted by Crippen LogP contribution is -2.48. The molecule has 4 rings (SSSR count). The van der Waals surface area contributed by atoms with E-state index < -0.39 is 0 Å². The molecule has 1 aliphatic heterocycles. The van der Waals surface area contributed by atoms with Crippen LogP contribution < -0.4 is 4.74 Å². The van der Waals surface area contributed by atoms with Crippen LogP contribution in [0.4, 0.5) is 0 Å². The van der Waals surface area contributed by atoms with Crippen molar-refractivity contribution in [3.8, 4) is 5.75 Å². The fourth-order valence-corrected chi connectivity index (χ4v) is 3.98. The van der Waals surface area contributed by atoms with Crippen LogP contribution in [0.5, 0.6) is 5.75 Å². The summed E-state index contributed by atoms with van der Waals surface area (Å²) in [7, 11) is 0. The number of aromatic nitrogens is 2. The Kier molecular flexibility index (Phi) is 6.37. The van der Waals surface area contributed by atoms with Crippen LogP contribution in [0.25, 0.3) is 0 Å². The van der Waals surface area contributed by atoms with E-state index in [0.717, 1.165) is 44.0 Å². The molecule has 0 bridgehead atoms. The third-order valence-electron chi connectivity index (χ3n) is 5.69. The number of nitrogens with zero attached hydrogens (tertiary/aromatic N) is 4. The highest BCUT2D eigenvalue weighted by Gasteiger charge is 2.23. The quantitative estimate of drug-likeness (QED) is 0.611. The number of piperazine rings is 1. The first-order chi connectivity index (χ1) is 15.0. The average molecular weight is 419 g/mol. The largest absolute Gasteiger partial charge is 0.471 e. The van der Waals surface area contributed by atoms with E-state index in [-0.39, 0.29) is 12.6 Å². The number of hydrogen-bond donors (Lipinski definition) is 0. The fraction of sp³-hybridized carbons (Fsp3) is 0.360. The van der Waals surface area contributed by atoms with Gasteiger partial charge in [-0.2, -0.15) is 5.10 Å². The van der Waals surface area contributed by atoms with Crippen molar-refractivity contribution >= 4 is 5.91 Å². The molecule has 1 fully saturated rings. The van der Waals surface area contributed by atoms with E-state index in [1.165, 1.54) is 16.7 Å². The number of carbonyl (C=O) groups excluding carboxylic acids is 1. The zero-order valence-electron chi connectivity index (χ0n) is 18.5. The molecule has 31 heavy (non-hydrogen) atoms. The second-order valence-electron chi connectivity index (χ2n) is 8.34. The predicted octanol–water partition coefficient (Wildman–Crippen LogP) is 3.80. The van der Waals surface area contributed by atoms with Gasteiger partial charge in [0.25, 0.3) is 5.91 Å². The molecule has 0 atom stereocenters. The van der Waals surface area contributed by atoms with Crippen molar-refractivity contribution < 1.29 is 9.53 Å². The maximum absolute atomic E-state index is 12.9. The summed E-state index contributed by atoms with van der Waals surface area (Å²) in [6, 6.07) is 16.5. The molecule has 0 unspecified atom stereocenters. The molecule has 0 radical (unpaired) electrons. The van der Waals surface area contributed by atoms with Crippen molar-refractivity contribution in [3.05, 3.63) is 82.7 Å². The van der Waals surface area contributed by atoms with Gasteiger partial charge in [0.2, 0.25) is 0 Å². The van der Waals surface area contributed by atoms with Crippen molar-refractivity contribution in [2.75, 3.05) is 26.2 Å². The summed E-state index contributed by atoms with van der Waals surface area (Å²) in [5.74, 6) is 0.819. The van der Waals surface area contributed by atoms with Gasteiger partial charge in [0.05, 0.1) is 0 Å². The molecule has 6 heteroatoms. The molecule has 0 N–H and O–H groups in total. The van der Waals surface area contributed by atoms with Gasteiger partial charge in [-0.25, -0.2) is 4.68 Å². The van der Waals surface area contributed by atoms with Crippen LogP contribution >= 0.6 is 0 Å². The first-order valence-electron chi connectivity index (χ1n) is 10.8. The van der Waals surface area contributed by atoms with Crippen LogP contribution in [-0.2, 0) is 13.3 Å². The van der Waals surface area contributed by atoms with E-state index in [9.17, 15) is 4.79 Å². The van der Waals surface area contributed by atoms with Crippen molar-refractivity contribution in [3.63, 3.8) is 0 Å². The Morgan fingerprint density at radius 2 is 1.74 bits per heavy atom. The van der Waals surface area contributed by atoms with Gasteiger partial charge in [0.1, 0.15) is 5.75 Å². The Morgan fingerprint density at radius 3 is 2.48 bits per heavy atom. The van der Waals surface area contributed by atoms with Crippen molar-refractivity contribution in [1.82, 2.24) is 19.6 Å². The lowest BCUT2D eigenvalue weighted by atomic mass is 10.1. The first kappa shape index (κ1) is 21.1. The van der Waals surface area contributed by atoms with Gasteiger partial charge in [-0.1, -0.05) is 47.5 Å². The zero-order valence-corrected chi connectivity index (χ0v) is 18.5. The normalized spacial score (nSPS) is 14.6. The third-order valence-corrected chi connectivity index (χ3v) is 5.69. The number of rotatable bonds is 6. The Bertz CT molecular complexity index is 1050. The molecule has 3 aromatic rings. The Balaban J connectivity index is 1.29. The van der Waals surface area contributed by atoms with Gasteiger partial charge in [-0.3, -0.25) is 9.69 Å².